The lowest BCUT2D eigenvalue weighted by molar-refractivity contribution is -0.384. The van der Waals surface area contributed by atoms with E-state index in [1.54, 1.807) is 5.57 Å². The molecule has 0 bridgehead atoms. The van der Waals surface area contributed by atoms with Crippen molar-refractivity contribution in [1.82, 2.24) is 0 Å². The van der Waals surface area contributed by atoms with Gasteiger partial charge in [-0.2, -0.15) is 0 Å². The lowest BCUT2D eigenvalue weighted by Gasteiger charge is -2.55. The smallest absolute Gasteiger partial charge is 0.281 e. The van der Waals surface area contributed by atoms with Gasteiger partial charge in [0, 0.05) is 0 Å². The standard InChI is InChI=1S/C19H28O3/c1-17-10-3-2-5-13(17)7-8-14-15(17)9-12-18(19(20,21)22)11-4-6-16(14)18/h7-8,15-16,20-22H,2-6,9-12H2,1H3/t15-,16-,17-,18+/m0/s1. The molecule has 0 radical (unpaired) electrons. The molecule has 0 saturated heterocycles. The summed E-state index contributed by atoms with van der Waals surface area (Å²) in [6.45, 7) is 2.42. The van der Waals surface area contributed by atoms with Crippen LogP contribution in [-0.4, -0.2) is 21.3 Å². The van der Waals surface area contributed by atoms with Gasteiger partial charge in [-0.25, -0.2) is 0 Å². The summed E-state index contributed by atoms with van der Waals surface area (Å²) in [7, 11) is 0. The first-order valence-electron chi connectivity index (χ1n) is 8.97. The number of fused-ring (bicyclic) bond motifs is 5. The van der Waals surface area contributed by atoms with Gasteiger partial charge in [-0.05, 0) is 62.2 Å². The lowest BCUT2D eigenvalue weighted by atomic mass is 9.51. The predicted molar refractivity (Wildman–Crippen MR) is 84.6 cm³/mol. The summed E-state index contributed by atoms with van der Waals surface area (Å²) >= 11 is 0. The second kappa shape index (κ2) is 4.68. The Morgan fingerprint density at radius 3 is 2.55 bits per heavy atom. The molecule has 22 heavy (non-hydrogen) atoms. The van der Waals surface area contributed by atoms with Gasteiger partial charge in [0.2, 0.25) is 0 Å². The van der Waals surface area contributed by atoms with Crippen molar-refractivity contribution in [2.75, 3.05) is 0 Å². The van der Waals surface area contributed by atoms with Crippen LogP contribution in [0, 0.1) is 22.7 Å². The van der Waals surface area contributed by atoms with Crippen molar-refractivity contribution in [2.45, 2.75) is 70.7 Å². The number of allylic oxidation sites excluding steroid dienone is 4. The van der Waals surface area contributed by atoms with Crippen molar-refractivity contribution in [3.05, 3.63) is 23.3 Å². The topological polar surface area (TPSA) is 60.7 Å². The maximum absolute atomic E-state index is 10.1. The highest BCUT2D eigenvalue weighted by molar-refractivity contribution is 5.38. The molecule has 4 rings (SSSR count). The van der Waals surface area contributed by atoms with Crippen molar-refractivity contribution in [2.24, 2.45) is 22.7 Å². The van der Waals surface area contributed by atoms with E-state index in [2.05, 4.69) is 19.1 Å². The molecular weight excluding hydrogens is 276 g/mol. The molecule has 0 aliphatic heterocycles. The molecule has 0 heterocycles. The summed E-state index contributed by atoms with van der Waals surface area (Å²) in [4.78, 5) is 0. The third-order valence-corrected chi connectivity index (χ3v) is 7.51. The van der Waals surface area contributed by atoms with Crippen LogP contribution in [0.5, 0.6) is 0 Å². The minimum Gasteiger partial charge on any atom is -0.343 e. The molecule has 4 aliphatic rings. The first-order valence-corrected chi connectivity index (χ1v) is 8.97. The van der Waals surface area contributed by atoms with Crippen LogP contribution in [0.2, 0.25) is 0 Å². The van der Waals surface area contributed by atoms with Crippen LogP contribution >= 0.6 is 0 Å². The Hall–Kier alpha value is -0.640. The van der Waals surface area contributed by atoms with Crippen molar-refractivity contribution in [3.63, 3.8) is 0 Å². The van der Waals surface area contributed by atoms with E-state index in [4.69, 9.17) is 0 Å². The molecule has 3 heteroatoms. The Morgan fingerprint density at radius 1 is 0.955 bits per heavy atom. The van der Waals surface area contributed by atoms with Crippen molar-refractivity contribution >= 4 is 0 Å². The predicted octanol–water partition coefficient (Wildman–Crippen LogP) is 3.26. The van der Waals surface area contributed by atoms with Gasteiger partial charge in [0.05, 0.1) is 5.41 Å². The summed E-state index contributed by atoms with van der Waals surface area (Å²) < 4.78 is 0. The molecule has 0 unspecified atom stereocenters. The fraction of sp³-hybridized carbons (Fsp3) is 0.789. The zero-order valence-electron chi connectivity index (χ0n) is 13.5. The van der Waals surface area contributed by atoms with E-state index in [0.717, 1.165) is 32.1 Å². The number of hydrogen-bond donors (Lipinski definition) is 3. The fourth-order valence-corrected chi connectivity index (χ4v) is 6.28. The molecular formula is C19H28O3. The van der Waals surface area contributed by atoms with Gasteiger partial charge in [-0.15, -0.1) is 0 Å². The molecule has 3 nitrogen and oxygen atoms in total. The molecule has 0 aromatic heterocycles. The first kappa shape index (κ1) is 14.9. The van der Waals surface area contributed by atoms with Crippen LogP contribution in [0.3, 0.4) is 0 Å². The maximum Gasteiger partial charge on any atom is 0.281 e. The Balaban J connectivity index is 1.77. The van der Waals surface area contributed by atoms with Gasteiger partial charge in [0.25, 0.3) is 5.97 Å². The molecule has 4 atom stereocenters. The van der Waals surface area contributed by atoms with Crippen LogP contribution in [0.15, 0.2) is 23.3 Å². The van der Waals surface area contributed by atoms with Gasteiger partial charge in [-0.3, -0.25) is 0 Å². The third kappa shape index (κ3) is 1.79. The van der Waals surface area contributed by atoms with Gasteiger partial charge in [-0.1, -0.05) is 43.1 Å². The van der Waals surface area contributed by atoms with Crippen LogP contribution in [-0.2, 0) is 0 Å². The Morgan fingerprint density at radius 2 is 1.77 bits per heavy atom. The van der Waals surface area contributed by atoms with E-state index in [0.29, 0.717) is 5.92 Å². The van der Waals surface area contributed by atoms with Crippen molar-refractivity contribution < 1.29 is 15.3 Å². The average molecular weight is 304 g/mol. The van der Waals surface area contributed by atoms with Crippen LogP contribution in [0.4, 0.5) is 0 Å². The van der Waals surface area contributed by atoms with Crippen LogP contribution < -0.4 is 0 Å². The second-order valence-electron chi connectivity index (χ2n) is 8.31. The van der Waals surface area contributed by atoms with E-state index in [-0.39, 0.29) is 11.3 Å². The molecule has 0 aromatic carbocycles. The highest BCUT2D eigenvalue weighted by atomic mass is 16.7. The molecule has 122 valence electrons. The molecule has 4 aliphatic carbocycles. The SMILES string of the molecule is C[C@]12CCCCC1=CC=C1[C@@H]3CCC[C@@]3(C(O)(O)O)CC[C@@H]12. The zero-order chi connectivity index (χ0) is 15.6. The van der Waals surface area contributed by atoms with Crippen molar-refractivity contribution in [3.8, 4) is 0 Å². The largest absolute Gasteiger partial charge is 0.343 e. The maximum atomic E-state index is 10.1. The summed E-state index contributed by atoms with van der Waals surface area (Å²) in [6, 6.07) is 0. The third-order valence-electron chi connectivity index (χ3n) is 7.51. The Bertz CT molecular complexity index is 541. The second-order valence-corrected chi connectivity index (χ2v) is 8.31. The van der Waals surface area contributed by atoms with Gasteiger partial charge < -0.3 is 15.3 Å². The summed E-state index contributed by atoms with van der Waals surface area (Å²) in [5.41, 5.74) is 2.51. The number of hydrogen-bond acceptors (Lipinski definition) is 3. The highest BCUT2D eigenvalue weighted by Crippen LogP contribution is 2.65. The van der Waals surface area contributed by atoms with Crippen LogP contribution in [0.1, 0.15) is 64.7 Å². The Kier molecular flexibility index (Phi) is 3.18. The van der Waals surface area contributed by atoms with Gasteiger partial charge in [0.1, 0.15) is 0 Å². The van der Waals surface area contributed by atoms with Gasteiger partial charge >= 0.3 is 0 Å². The van der Waals surface area contributed by atoms with E-state index < -0.39 is 11.4 Å². The Labute approximate surface area is 132 Å². The molecule has 3 saturated carbocycles. The summed E-state index contributed by atoms with van der Waals surface area (Å²) in [5.74, 6) is -1.88. The van der Waals surface area contributed by atoms with E-state index in [9.17, 15) is 15.3 Å². The van der Waals surface area contributed by atoms with Crippen molar-refractivity contribution in [1.29, 1.82) is 0 Å². The normalized spacial score (nSPS) is 44.5. The molecule has 0 aromatic rings. The number of rotatable bonds is 1. The fourth-order valence-electron chi connectivity index (χ4n) is 6.28. The molecule has 3 fully saturated rings. The highest BCUT2D eigenvalue weighted by Gasteiger charge is 2.62. The molecule has 3 N–H and O–H groups in total. The van der Waals surface area contributed by atoms with E-state index in [1.807, 2.05) is 0 Å². The zero-order valence-corrected chi connectivity index (χ0v) is 13.5. The quantitative estimate of drug-likeness (QED) is 0.652. The van der Waals surface area contributed by atoms with Crippen LogP contribution in [0.25, 0.3) is 0 Å². The summed E-state index contributed by atoms with van der Waals surface area (Å²) in [6.07, 6.45) is 14.0. The minimum atomic E-state index is -2.54. The number of aliphatic hydroxyl groups is 3. The summed E-state index contributed by atoms with van der Waals surface area (Å²) in [5, 5.41) is 30.2. The van der Waals surface area contributed by atoms with E-state index in [1.165, 1.54) is 31.3 Å². The molecule has 0 spiro atoms. The van der Waals surface area contributed by atoms with E-state index >= 15 is 0 Å². The first-order chi connectivity index (χ1) is 10.4. The average Bonchev–Trinajstić information content (AvgIpc) is 2.91. The van der Waals surface area contributed by atoms with Gasteiger partial charge in [0.15, 0.2) is 0 Å². The molecule has 0 amide bonds. The lowest BCUT2D eigenvalue weighted by Crippen LogP contribution is -2.55. The minimum absolute atomic E-state index is 0.128. The monoisotopic (exact) mass is 304 g/mol.